The molecule has 0 aromatic heterocycles. The Morgan fingerprint density at radius 2 is 1.90 bits per heavy atom. The number of oxime groups is 1. The van der Waals surface area contributed by atoms with Gasteiger partial charge in [-0.3, -0.25) is 14.9 Å². The zero-order chi connectivity index (χ0) is 14.3. The van der Waals surface area contributed by atoms with Gasteiger partial charge in [0, 0.05) is 18.6 Å². The van der Waals surface area contributed by atoms with Gasteiger partial charge in [0.25, 0.3) is 5.69 Å². The predicted octanol–water partition coefficient (Wildman–Crippen LogP) is 0.931. The minimum Gasteiger partial charge on any atom is -0.390 e. The lowest BCUT2D eigenvalue weighted by molar-refractivity contribution is -0.384. The molecule has 0 bridgehead atoms. The Labute approximate surface area is 112 Å². The maximum absolute atomic E-state index is 11.6. The van der Waals surface area contributed by atoms with E-state index in [9.17, 15) is 19.7 Å². The molecule has 1 saturated heterocycles. The minimum absolute atomic E-state index is 0.0431. The van der Waals surface area contributed by atoms with Crippen LogP contribution in [0.5, 0.6) is 0 Å². The van der Waals surface area contributed by atoms with E-state index in [2.05, 4.69) is 9.89 Å². The fourth-order valence-corrected chi connectivity index (χ4v) is 2.15. The van der Waals surface area contributed by atoms with Crippen LogP contribution < -0.4 is 0 Å². The number of carbonyl (C=O) groups excluding carboxylic acids is 2. The van der Waals surface area contributed by atoms with Crippen molar-refractivity contribution in [1.82, 2.24) is 0 Å². The molecule has 1 aromatic carbocycles. The van der Waals surface area contributed by atoms with Crippen LogP contribution >= 0.6 is 0 Å². The van der Waals surface area contributed by atoms with Crippen LogP contribution in [0.25, 0.3) is 0 Å². The third-order valence-corrected chi connectivity index (χ3v) is 3.20. The zero-order valence-corrected chi connectivity index (χ0v) is 10.1. The molecule has 1 fully saturated rings. The SMILES string of the molecule is O=C1CC2(CC(c3ccc([N+](=O)[O-])cc3)=NO2)C(=O)O1. The van der Waals surface area contributed by atoms with E-state index in [1.165, 1.54) is 24.3 Å². The van der Waals surface area contributed by atoms with Gasteiger partial charge in [0.05, 0.1) is 10.6 Å². The smallest absolute Gasteiger partial charge is 0.362 e. The van der Waals surface area contributed by atoms with Gasteiger partial charge in [0.1, 0.15) is 6.42 Å². The summed E-state index contributed by atoms with van der Waals surface area (Å²) in [6.07, 6.45) is -0.0683. The molecule has 0 saturated carbocycles. The zero-order valence-electron chi connectivity index (χ0n) is 10.1. The standard InChI is InChI=1S/C12H8N2O6/c15-10-6-12(11(16)19-10)5-9(13-20-12)7-1-3-8(4-2-7)14(17)18/h1-4H,5-6H2. The molecule has 1 unspecified atom stereocenters. The number of benzene rings is 1. The second-order valence-electron chi connectivity index (χ2n) is 4.54. The Hall–Kier alpha value is -2.77. The van der Waals surface area contributed by atoms with E-state index in [-0.39, 0.29) is 18.5 Å². The first-order valence-corrected chi connectivity index (χ1v) is 5.75. The Bertz CT molecular complexity index is 650. The summed E-state index contributed by atoms with van der Waals surface area (Å²) in [6, 6.07) is 5.70. The van der Waals surface area contributed by atoms with E-state index in [1.807, 2.05) is 0 Å². The molecule has 20 heavy (non-hydrogen) atoms. The highest BCUT2D eigenvalue weighted by Crippen LogP contribution is 2.35. The lowest BCUT2D eigenvalue weighted by Gasteiger charge is -2.12. The van der Waals surface area contributed by atoms with Crippen molar-refractivity contribution in [3.8, 4) is 0 Å². The third kappa shape index (κ3) is 1.81. The molecule has 102 valence electrons. The number of rotatable bonds is 2. The molecule has 1 atom stereocenters. The first-order chi connectivity index (χ1) is 9.50. The lowest BCUT2D eigenvalue weighted by atomic mass is 9.93. The summed E-state index contributed by atoms with van der Waals surface area (Å²) in [6.45, 7) is 0. The van der Waals surface area contributed by atoms with Gasteiger partial charge in [0.2, 0.25) is 5.60 Å². The summed E-state index contributed by atoms with van der Waals surface area (Å²) in [7, 11) is 0. The molecular weight excluding hydrogens is 268 g/mol. The maximum Gasteiger partial charge on any atom is 0.362 e. The Balaban J connectivity index is 1.82. The van der Waals surface area contributed by atoms with Crippen molar-refractivity contribution < 1.29 is 24.1 Å². The number of nitro groups is 1. The lowest BCUT2D eigenvalue weighted by Crippen LogP contribution is -2.34. The molecule has 0 aliphatic carbocycles. The van der Waals surface area contributed by atoms with E-state index in [0.717, 1.165) is 0 Å². The van der Waals surface area contributed by atoms with E-state index in [1.54, 1.807) is 0 Å². The summed E-state index contributed by atoms with van der Waals surface area (Å²) in [5, 5.41) is 14.4. The Morgan fingerprint density at radius 3 is 2.45 bits per heavy atom. The van der Waals surface area contributed by atoms with Gasteiger partial charge in [-0.1, -0.05) is 5.16 Å². The molecule has 2 aliphatic rings. The van der Waals surface area contributed by atoms with Gasteiger partial charge in [-0.25, -0.2) is 4.79 Å². The molecule has 0 N–H and O–H groups in total. The minimum atomic E-state index is -1.37. The van der Waals surface area contributed by atoms with Crippen LogP contribution in [0.3, 0.4) is 0 Å². The number of cyclic esters (lactones) is 2. The third-order valence-electron chi connectivity index (χ3n) is 3.20. The second kappa shape index (κ2) is 4.12. The molecule has 3 rings (SSSR count). The van der Waals surface area contributed by atoms with Gasteiger partial charge in [-0.05, 0) is 17.7 Å². The number of esters is 2. The van der Waals surface area contributed by atoms with E-state index in [4.69, 9.17) is 4.84 Å². The van der Waals surface area contributed by atoms with Gasteiger partial charge in [-0.2, -0.15) is 0 Å². The first-order valence-electron chi connectivity index (χ1n) is 5.75. The average Bonchev–Trinajstić information content (AvgIpc) is 2.95. The molecule has 2 heterocycles. The van der Waals surface area contributed by atoms with Gasteiger partial charge < -0.3 is 9.57 Å². The summed E-state index contributed by atoms with van der Waals surface area (Å²) >= 11 is 0. The highest BCUT2D eigenvalue weighted by molar-refractivity contribution is 6.09. The summed E-state index contributed by atoms with van der Waals surface area (Å²) < 4.78 is 4.47. The van der Waals surface area contributed by atoms with Crippen molar-refractivity contribution in [3.05, 3.63) is 39.9 Å². The van der Waals surface area contributed by atoms with Crippen molar-refractivity contribution in [3.63, 3.8) is 0 Å². The molecule has 8 nitrogen and oxygen atoms in total. The van der Waals surface area contributed by atoms with Crippen molar-refractivity contribution in [1.29, 1.82) is 0 Å². The van der Waals surface area contributed by atoms with Crippen molar-refractivity contribution >= 4 is 23.3 Å². The number of nitro benzene ring substituents is 1. The molecule has 1 spiro atoms. The van der Waals surface area contributed by atoms with E-state index >= 15 is 0 Å². The van der Waals surface area contributed by atoms with E-state index in [0.29, 0.717) is 11.3 Å². The highest BCUT2D eigenvalue weighted by Gasteiger charge is 2.55. The van der Waals surface area contributed by atoms with Crippen LogP contribution in [0.15, 0.2) is 29.4 Å². The summed E-state index contributed by atoms with van der Waals surface area (Å²) in [5.41, 5.74) is -0.363. The molecular formula is C12H8N2O6. The van der Waals surface area contributed by atoms with Crippen LogP contribution in [-0.2, 0) is 19.2 Å². The van der Waals surface area contributed by atoms with Crippen LogP contribution in [0.4, 0.5) is 5.69 Å². The van der Waals surface area contributed by atoms with Crippen molar-refractivity contribution in [2.75, 3.05) is 0 Å². The van der Waals surface area contributed by atoms with Gasteiger partial charge in [-0.15, -0.1) is 0 Å². The number of hydrogen-bond acceptors (Lipinski definition) is 7. The Morgan fingerprint density at radius 1 is 1.20 bits per heavy atom. The van der Waals surface area contributed by atoms with Crippen LogP contribution in [0.1, 0.15) is 18.4 Å². The first kappa shape index (κ1) is 12.3. The van der Waals surface area contributed by atoms with Crippen LogP contribution in [0.2, 0.25) is 0 Å². The fraction of sp³-hybridized carbons (Fsp3) is 0.250. The fourth-order valence-electron chi connectivity index (χ4n) is 2.15. The summed E-state index contributed by atoms with van der Waals surface area (Å²) in [5.74, 6) is -1.39. The summed E-state index contributed by atoms with van der Waals surface area (Å²) in [4.78, 5) is 37.9. The largest absolute Gasteiger partial charge is 0.390 e. The van der Waals surface area contributed by atoms with Crippen LogP contribution in [-0.4, -0.2) is 28.2 Å². The quantitative estimate of drug-likeness (QED) is 0.344. The molecule has 8 heteroatoms. The highest BCUT2D eigenvalue weighted by atomic mass is 16.7. The number of hydrogen-bond donors (Lipinski definition) is 0. The van der Waals surface area contributed by atoms with Crippen LogP contribution in [0, 0.1) is 10.1 Å². The Kier molecular flexibility index (Phi) is 2.53. The predicted molar refractivity (Wildman–Crippen MR) is 63.8 cm³/mol. The van der Waals surface area contributed by atoms with Gasteiger partial charge >= 0.3 is 11.9 Å². The topological polar surface area (TPSA) is 108 Å². The molecule has 0 amide bonds. The number of ether oxygens (including phenoxy) is 1. The van der Waals surface area contributed by atoms with E-state index < -0.39 is 22.5 Å². The number of carbonyl (C=O) groups is 2. The average molecular weight is 276 g/mol. The second-order valence-corrected chi connectivity index (χ2v) is 4.54. The number of non-ortho nitro benzene ring substituents is 1. The normalized spacial score (nSPS) is 24.5. The number of nitrogens with zero attached hydrogens (tertiary/aromatic N) is 2. The molecule has 1 aromatic rings. The monoisotopic (exact) mass is 276 g/mol. The van der Waals surface area contributed by atoms with Crippen molar-refractivity contribution in [2.45, 2.75) is 18.4 Å². The maximum atomic E-state index is 11.6. The van der Waals surface area contributed by atoms with Crippen molar-refractivity contribution in [2.24, 2.45) is 5.16 Å². The molecule has 2 aliphatic heterocycles. The van der Waals surface area contributed by atoms with Gasteiger partial charge in [0.15, 0.2) is 0 Å². The molecule has 0 radical (unpaired) electrons.